The van der Waals surface area contributed by atoms with Gasteiger partial charge < -0.3 is 10.8 Å². The standard InChI is InChI=1S/C21H18N4O/c22-18(15-4-2-1-3-5-15)13-20-24-19-7-6-16(12-17(19)21(26)25-20)14-8-10-23-11-9-14/h1-12,18H,13,22H2,(H,24,25,26). The SMILES string of the molecule is NC(Cc1nc(O)c2cc(-c3ccncc3)ccc2n1)c1ccccc1. The minimum Gasteiger partial charge on any atom is -0.493 e. The number of aromatic nitrogens is 3. The minimum absolute atomic E-state index is 0.0267. The van der Waals surface area contributed by atoms with Gasteiger partial charge in [-0.3, -0.25) is 4.98 Å². The molecule has 0 bridgehead atoms. The van der Waals surface area contributed by atoms with E-state index < -0.39 is 0 Å². The van der Waals surface area contributed by atoms with E-state index in [0.29, 0.717) is 23.1 Å². The van der Waals surface area contributed by atoms with E-state index in [0.717, 1.165) is 16.7 Å². The summed E-state index contributed by atoms with van der Waals surface area (Å²) in [5, 5.41) is 11.0. The third-order valence-corrected chi connectivity index (χ3v) is 4.37. The second kappa shape index (κ2) is 6.90. The predicted octanol–water partition coefficient (Wildman–Crippen LogP) is 3.64. The summed E-state index contributed by atoms with van der Waals surface area (Å²) in [4.78, 5) is 12.9. The van der Waals surface area contributed by atoms with Gasteiger partial charge in [0.15, 0.2) is 0 Å². The fourth-order valence-corrected chi connectivity index (χ4v) is 2.99. The topological polar surface area (TPSA) is 84.9 Å². The molecule has 5 heteroatoms. The summed E-state index contributed by atoms with van der Waals surface area (Å²) in [5.74, 6) is 0.504. The Morgan fingerprint density at radius 1 is 0.885 bits per heavy atom. The van der Waals surface area contributed by atoms with Gasteiger partial charge in [0.2, 0.25) is 5.88 Å². The molecular formula is C21H18N4O. The normalized spacial score (nSPS) is 12.2. The number of benzene rings is 2. The van der Waals surface area contributed by atoms with Crippen LogP contribution in [-0.4, -0.2) is 20.1 Å². The van der Waals surface area contributed by atoms with Crippen LogP contribution in [0.2, 0.25) is 0 Å². The Bertz CT molecular complexity index is 1040. The van der Waals surface area contributed by atoms with Crippen LogP contribution in [-0.2, 0) is 6.42 Å². The highest BCUT2D eigenvalue weighted by Crippen LogP contribution is 2.28. The average molecular weight is 342 g/mol. The third kappa shape index (κ3) is 3.25. The maximum atomic E-state index is 10.4. The van der Waals surface area contributed by atoms with Crippen LogP contribution in [0, 0.1) is 0 Å². The molecule has 4 rings (SSSR count). The maximum Gasteiger partial charge on any atom is 0.222 e. The molecule has 0 aliphatic carbocycles. The van der Waals surface area contributed by atoms with E-state index in [1.54, 1.807) is 12.4 Å². The van der Waals surface area contributed by atoms with E-state index in [4.69, 9.17) is 5.73 Å². The third-order valence-electron chi connectivity index (χ3n) is 4.37. The molecule has 0 saturated heterocycles. The highest BCUT2D eigenvalue weighted by atomic mass is 16.3. The average Bonchev–Trinajstić information content (AvgIpc) is 2.69. The van der Waals surface area contributed by atoms with Gasteiger partial charge in [0.1, 0.15) is 5.82 Å². The lowest BCUT2D eigenvalue weighted by atomic mass is 10.0. The fraction of sp³-hybridized carbons (Fsp3) is 0.0952. The van der Waals surface area contributed by atoms with Gasteiger partial charge in [-0.1, -0.05) is 36.4 Å². The quantitative estimate of drug-likeness (QED) is 0.591. The zero-order chi connectivity index (χ0) is 17.9. The van der Waals surface area contributed by atoms with Crippen molar-refractivity contribution in [3.05, 3.63) is 84.4 Å². The van der Waals surface area contributed by atoms with Crippen molar-refractivity contribution in [2.45, 2.75) is 12.5 Å². The van der Waals surface area contributed by atoms with E-state index in [-0.39, 0.29) is 11.9 Å². The number of hydrogen-bond donors (Lipinski definition) is 2. The molecule has 128 valence electrons. The lowest BCUT2D eigenvalue weighted by Gasteiger charge is -2.12. The highest BCUT2D eigenvalue weighted by molar-refractivity contribution is 5.88. The van der Waals surface area contributed by atoms with Gasteiger partial charge in [0, 0.05) is 24.9 Å². The van der Waals surface area contributed by atoms with E-state index in [2.05, 4.69) is 15.0 Å². The number of hydrogen-bond acceptors (Lipinski definition) is 5. The van der Waals surface area contributed by atoms with Crippen molar-refractivity contribution in [2.75, 3.05) is 0 Å². The van der Waals surface area contributed by atoms with Gasteiger partial charge in [-0.05, 0) is 41.0 Å². The largest absolute Gasteiger partial charge is 0.493 e. The summed E-state index contributed by atoms with van der Waals surface area (Å²) >= 11 is 0. The molecule has 0 spiro atoms. The minimum atomic E-state index is -0.218. The van der Waals surface area contributed by atoms with Crippen molar-refractivity contribution in [2.24, 2.45) is 5.73 Å². The van der Waals surface area contributed by atoms with Gasteiger partial charge in [0.25, 0.3) is 0 Å². The van der Waals surface area contributed by atoms with E-state index in [9.17, 15) is 5.11 Å². The van der Waals surface area contributed by atoms with Crippen molar-refractivity contribution < 1.29 is 5.11 Å². The molecule has 2 heterocycles. The summed E-state index contributed by atoms with van der Waals surface area (Å²) in [7, 11) is 0. The monoisotopic (exact) mass is 342 g/mol. The van der Waals surface area contributed by atoms with Crippen LogP contribution in [0.5, 0.6) is 5.88 Å². The Morgan fingerprint density at radius 3 is 2.42 bits per heavy atom. The first-order valence-corrected chi connectivity index (χ1v) is 8.41. The number of fused-ring (bicyclic) bond motifs is 1. The molecule has 0 saturated carbocycles. The first kappa shape index (κ1) is 16.2. The van der Waals surface area contributed by atoms with Gasteiger partial charge in [0.05, 0.1) is 10.9 Å². The Balaban J connectivity index is 1.67. The van der Waals surface area contributed by atoms with Crippen LogP contribution in [0.4, 0.5) is 0 Å². The zero-order valence-electron chi connectivity index (χ0n) is 14.1. The second-order valence-electron chi connectivity index (χ2n) is 6.15. The van der Waals surface area contributed by atoms with Gasteiger partial charge in [-0.25, -0.2) is 4.98 Å². The molecule has 0 aliphatic rings. The molecule has 0 amide bonds. The first-order valence-electron chi connectivity index (χ1n) is 8.41. The Kier molecular flexibility index (Phi) is 4.29. The van der Waals surface area contributed by atoms with Gasteiger partial charge >= 0.3 is 0 Å². The molecular weight excluding hydrogens is 324 g/mol. The summed E-state index contributed by atoms with van der Waals surface area (Å²) in [6.07, 6.45) is 3.94. The number of nitrogens with zero attached hydrogens (tertiary/aromatic N) is 3. The molecule has 1 unspecified atom stereocenters. The smallest absolute Gasteiger partial charge is 0.222 e. The van der Waals surface area contributed by atoms with Crippen molar-refractivity contribution in [3.8, 4) is 17.0 Å². The predicted molar refractivity (Wildman–Crippen MR) is 102 cm³/mol. The van der Waals surface area contributed by atoms with Crippen molar-refractivity contribution >= 4 is 10.9 Å². The van der Waals surface area contributed by atoms with Crippen LogP contribution in [0.25, 0.3) is 22.0 Å². The van der Waals surface area contributed by atoms with Crippen LogP contribution >= 0.6 is 0 Å². The zero-order valence-corrected chi connectivity index (χ0v) is 14.1. The molecule has 2 aromatic carbocycles. The lowest BCUT2D eigenvalue weighted by Crippen LogP contribution is -2.15. The molecule has 4 aromatic rings. The van der Waals surface area contributed by atoms with Crippen LogP contribution < -0.4 is 5.73 Å². The molecule has 5 nitrogen and oxygen atoms in total. The molecule has 0 aliphatic heterocycles. The molecule has 0 radical (unpaired) electrons. The molecule has 1 atom stereocenters. The van der Waals surface area contributed by atoms with E-state index in [1.807, 2.05) is 60.7 Å². The highest BCUT2D eigenvalue weighted by Gasteiger charge is 2.13. The molecule has 2 aromatic heterocycles. The summed E-state index contributed by atoms with van der Waals surface area (Å²) in [6.45, 7) is 0. The molecule has 26 heavy (non-hydrogen) atoms. The number of nitrogens with two attached hydrogens (primary N) is 1. The summed E-state index contributed by atoms with van der Waals surface area (Å²) < 4.78 is 0. The van der Waals surface area contributed by atoms with Crippen molar-refractivity contribution in [1.82, 2.24) is 15.0 Å². The summed E-state index contributed by atoms with van der Waals surface area (Å²) in [6, 6.07) is 19.2. The molecule has 3 N–H and O–H groups in total. The maximum absolute atomic E-state index is 10.4. The number of aromatic hydroxyl groups is 1. The Hall–Kier alpha value is -3.31. The lowest BCUT2D eigenvalue weighted by molar-refractivity contribution is 0.455. The van der Waals surface area contributed by atoms with Crippen molar-refractivity contribution in [1.29, 1.82) is 0 Å². The van der Waals surface area contributed by atoms with E-state index in [1.165, 1.54) is 0 Å². The number of rotatable bonds is 4. The fourth-order valence-electron chi connectivity index (χ4n) is 2.99. The van der Waals surface area contributed by atoms with Gasteiger partial charge in [-0.2, -0.15) is 4.98 Å². The molecule has 0 fully saturated rings. The van der Waals surface area contributed by atoms with Crippen LogP contribution in [0.3, 0.4) is 0 Å². The van der Waals surface area contributed by atoms with Gasteiger partial charge in [-0.15, -0.1) is 0 Å². The van der Waals surface area contributed by atoms with Crippen LogP contribution in [0.15, 0.2) is 73.1 Å². The Labute approximate surface area is 151 Å². The van der Waals surface area contributed by atoms with Crippen molar-refractivity contribution in [3.63, 3.8) is 0 Å². The van der Waals surface area contributed by atoms with Crippen LogP contribution in [0.1, 0.15) is 17.4 Å². The number of pyridine rings is 1. The first-order chi connectivity index (χ1) is 12.7. The van der Waals surface area contributed by atoms with E-state index >= 15 is 0 Å². The Morgan fingerprint density at radius 2 is 1.65 bits per heavy atom. The summed E-state index contributed by atoms with van der Waals surface area (Å²) in [5.41, 5.74) is 9.97. The second-order valence-corrected chi connectivity index (χ2v) is 6.15.